The van der Waals surface area contributed by atoms with Crippen molar-refractivity contribution < 1.29 is 4.74 Å². The second-order valence-corrected chi connectivity index (χ2v) is 4.23. The molecule has 4 nitrogen and oxygen atoms in total. The SMILES string of the molecule is CCCCOc1cccc(-c2nccnc2NC)c1. The molecule has 0 atom stereocenters. The third kappa shape index (κ3) is 3.44. The maximum Gasteiger partial charge on any atom is 0.152 e. The van der Waals surface area contributed by atoms with Gasteiger partial charge in [-0.15, -0.1) is 0 Å². The van der Waals surface area contributed by atoms with Crippen LogP contribution in [-0.4, -0.2) is 23.6 Å². The summed E-state index contributed by atoms with van der Waals surface area (Å²) in [6.45, 7) is 2.90. The van der Waals surface area contributed by atoms with Crippen molar-refractivity contribution in [2.45, 2.75) is 19.8 Å². The Labute approximate surface area is 113 Å². The summed E-state index contributed by atoms with van der Waals surface area (Å²) in [7, 11) is 1.84. The van der Waals surface area contributed by atoms with E-state index in [-0.39, 0.29) is 0 Å². The molecule has 0 saturated carbocycles. The number of ether oxygens (including phenoxy) is 1. The highest BCUT2D eigenvalue weighted by Crippen LogP contribution is 2.26. The molecule has 0 fully saturated rings. The second-order valence-electron chi connectivity index (χ2n) is 4.23. The monoisotopic (exact) mass is 257 g/mol. The van der Waals surface area contributed by atoms with Gasteiger partial charge in [0, 0.05) is 25.0 Å². The average Bonchev–Trinajstić information content (AvgIpc) is 2.48. The third-order valence-corrected chi connectivity index (χ3v) is 2.81. The summed E-state index contributed by atoms with van der Waals surface area (Å²) >= 11 is 0. The minimum atomic E-state index is 0.749. The van der Waals surface area contributed by atoms with Crippen LogP contribution in [0.5, 0.6) is 5.75 Å². The van der Waals surface area contributed by atoms with E-state index in [9.17, 15) is 0 Å². The molecule has 1 heterocycles. The highest BCUT2D eigenvalue weighted by Gasteiger charge is 2.07. The van der Waals surface area contributed by atoms with Gasteiger partial charge in [-0.05, 0) is 18.6 Å². The topological polar surface area (TPSA) is 47.0 Å². The molecule has 4 heteroatoms. The number of anilines is 1. The molecule has 1 N–H and O–H groups in total. The molecule has 0 amide bonds. The lowest BCUT2D eigenvalue weighted by Gasteiger charge is -2.09. The van der Waals surface area contributed by atoms with Crippen molar-refractivity contribution in [1.82, 2.24) is 9.97 Å². The average molecular weight is 257 g/mol. The van der Waals surface area contributed by atoms with Crippen molar-refractivity contribution in [3.05, 3.63) is 36.7 Å². The molecule has 0 unspecified atom stereocenters. The zero-order valence-corrected chi connectivity index (χ0v) is 11.4. The number of unbranched alkanes of at least 4 members (excludes halogenated alkanes) is 1. The van der Waals surface area contributed by atoms with Crippen molar-refractivity contribution in [3.8, 4) is 17.0 Å². The number of hydrogen-bond donors (Lipinski definition) is 1. The Morgan fingerprint density at radius 3 is 2.84 bits per heavy atom. The summed E-state index contributed by atoms with van der Waals surface area (Å²) in [5.41, 5.74) is 1.84. The molecule has 0 saturated heterocycles. The van der Waals surface area contributed by atoms with E-state index in [1.807, 2.05) is 31.3 Å². The lowest BCUT2D eigenvalue weighted by Crippen LogP contribution is -1.99. The van der Waals surface area contributed by atoms with Crippen LogP contribution in [0.3, 0.4) is 0 Å². The predicted octanol–water partition coefficient (Wildman–Crippen LogP) is 3.36. The lowest BCUT2D eigenvalue weighted by atomic mass is 10.1. The maximum atomic E-state index is 5.71. The van der Waals surface area contributed by atoms with E-state index in [0.29, 0.717) is 0 Å². The van der Waals surface area contributed by atoms with Gasteiger partial charge in [0.1, 0.15) is 11.4 Å². The van der Waals surface area contributed by atoms with Crippen LogP contribution in [-0.2, 0) is 0 Å². The Balaban J connectivity index is 2.22. The molecule has 0 aliphatic rings. The summed E-state index contributed by atoms with van der Waals surface area (Å²) in [5.74, 6) is 1.65. The third-order valence-electron chi connectivity index (χ3n) is 2.81. The van der Waals surface area contributed by atoms with Crippen molar-refractivity contribution in [1.29, 1.82) is 0 Å². The standard InChI is InChI=1S/C15H19N3O/c1-3-4-10-19-13-7-5-6-12(11-13)14-15(16-2)18-9-8-17-14/h5-9,11H,3-4,10H2,1-2H3,(H,16,18). The van der Waals surface area contributed by atoms with Gasteiger partial charge in [0.15, 0.2) is 5.82 Å². The second kappa shape index (κ2) is 6.73. The van der Waals surface area contributed by atoms with Crippen molar-refractivity contribution in [2.75, 3.05) is 19.0 Å². The fourth-order valence-corrected chi connectivity index (χ4v) is 1.80. The first-order chi connectivity index (χ1) is 9.35. The summed E-state index contributed by atoms with van der Waals surface area (Å²) in [6, 6.07) is 7.96. The molecule has 0 aliphatic heterocycles. The quantitative estimate of drug-likeness (QED) is 0.806. The fraction of sp³-hybridized carbons (Fsp3) is 0.333. The summed E-state index contributed by atoms with van der Waals surface area (Å²) in [4.78, 5) is 8.64. The Kier molecular flexibility index (Phi) is 4.72. The molecule has 0 radical (unpaired) electrons. The summed E-state index contributed by atoms with van der Waals surface area (Å²) in [5, 5.41) is 3.05. The zero-order chi connectivity index (χ0) is 13.5. The van der Waals surface area contributed by atoms with Gasteiger partial charge in [-0.2, -0.15) is 0 Å². The Bertz CT molecular complexity index is 528. The number of aromatic nitrogens is 2. The smallest absolute Gasteiger partial charge is 0.152 e. The molecule has 0 spiro atoms. The van der Waals surface area contributed by atoms with Gasteiger partial charge in [-0.25, -0.2) is 4.98 Å². The molecule has 0 aliphatic carbocycles. The molecule has 100 valence electrons. The molecule has 0 bridgehead atoms. The zero-order valence-electron chi connectivity index (χ0n) is 11.4. The van der Waals surface area contributed by atoms with Gasteiger partial charge < -0.3 is 10.1 Å². The van der Waals surface area contributed by atoms with Crippen LogP contribution in [0.1, 0.15) is 19.8 Å². The predicted molar refractivity (Wildman–Crippen MR) is 77.4 cm³/mol. The van der Waals surface area contributed by atoms with E-state index in [0.717, 1.165) is 42.3 Å². The van der Waals surface area contributed by atoms with E-state index < -0.39 is 0 Å². The van der Waals surface area contributed by atoms with Gasteiger partial charge in [0.25, 0.3) is 0 Å². The molecule has 1 aromatic carbocycles. The van der Waals surface area contributed by atoms with Crippen LogP contribution >= 0.6 is 0 Å². The minimum absolute atomic E-state index is 0.749. The first-order valence-corrected chi connectivity index (χ1v) is 6.57. The van der Waals surface area contributed by atoms with Crippen molar-refractivity contribution >= 4 is 5.82 Å². The number of nitrogens with zero attached hydrogens (tertiary/aromatic N) is 2. The van der Waals surface area contributed by atoms with E-state index in [1.54, 1.807) is 12.4 Å². The van der Waals surface area contributed by atoms with Crippen LogP contribution in [0.4, 0.5) is 5.82 Å². The maximum absolute atomic E-state index is 5.71. The van der Waals surface area contributed by atoms with Crippen molar-refractivity contribution in [2.24, 2.45) is 0 Å². The molecule has 1 aromatic heterocycles. The number of rotatable bonds is 6. The van der Waals surface area contributed by atoms with Crippen LogP contribution < -0.4 is 10.1 Å². The lowest BCUT2D eigenvalue weighted by molar-refractivity contribution is 0.309. The minimum Gasteiger partial charge on any atom is -0.494 e. The largest absolute Gasteiger partial charge is 0.494 e. The van der Waals surface area contributed by atoms with Gasteiger partial charge >= 0.3 is 0 Å². The van der Waals surface area contributed by atoms with E-state index in [2.05, 4.69) is 22.2 Å². The molecular formula is C15H19N3O. The van der Waals surface area contributed by atoms with Gasteiger partial charge in [0.05, 0.1) is 6.61 Å². The summed E-state index contributed by atoms with van der Waals surface area (Å²) in [6.07, 6.45) is 5.57. The highest BCUT2D eigenvalue weighted by molar-refractivity contribution is 5.71. The normalized spacial score (nSPS) is 10.2. The van der Waals surface area contributed by atoms with E-state index >= 15 is 0 Å². The Hall–Kier alpha value is -2.10. The van der Waals surface area contributed by atoms with E-state index in [1.165, 1.54) is 0 Å². The van der Waals surface area contributed by atoms with Crippen LogP contribution in [0.15, 0.2) is 36.7 Å². The van der Waals surface area contributed by atoms with Crippen LogP contribution in [0.2, 0.25) is 0 Å². The van der Waals surface area contributed by atoms with Crippen molar-refractivity contribution in [3.63, 3.8) is 0 Å². The Morgan fingerprint density at radius 1 is 1.21 bits per heavy atom. The number of nitrogens with one attached hydrogen (secondary N) is 1. The number of hydrogen-bond acceptors (Lipinski definition) is 4. The molecular weight excluding hydrogens is 238 g/mol. The first kappa shape index (κ1) is 13.3. The molecule has 19 heavy (non-hydrogen) atoms. The van der Waals surface area contributed by atoms with Gasteiger partial charge in [0.2, 0.25) is 0 Å². The summed E-state index contributed by atoms with van der Waals surface area (Å²) < 4.78 is 5.71. The fourth-order valence-electron chi connectivity index (χ4n) is 1.80. The number of benzene rings is 1. The van der Waals surface area contributed by atoms with Crippen LogP contribution in [0.25, 0.3) is 11.3 Å². The first-order valence-electron chi connectivity index (χ1n) is 6.57. The van der Waals surface area contributed by atoms with Gasteiger partial charge in [-0.1, -0.05) is 25.5 Å². The van der Waals surface area contributed by atoms with Crippen LogP contribution in [0, 0.1) is 0 Å². The molecule has 2 aromatic rings. The Morgan fingerprint density at radius 2 is 2.05 bits per heavy atom. The molecule has 2 rings (SSSR count). The highest BCUT2D eigenvalue weighted by atomic mass is 16.5. The van der Waals surface area contributed by atoms with Gasteiger partial charge in [-0.3, -0.25) is 4.98 Å². The van der Waals surface area contributed by atoms with E-state index in [4.69, 9.17) is 4.74 Å².